The lowest BCUT2D eigenvalue weighted by atomic mass is 10.1. The molecule has 1 amide bonds. The molecule has 25 heavy (non-hydrogen) atoms. The van der Waals surface area contributed by atoms with Gasteiger partial charge in [0.15, 0.2) is 0 Å². The van der Waals surface area contributed by atoms with E-state index in [1.54, 1.807) is 13.2 Å². The van der Waals surface area contributed by atoms with Crippen LogP contribution >= 0.6 is 24.8 Å². The fourth-order valence-electron chi connectivity index (χ4n) is 2.78. The number of carbonyl (C=O) groups excluding carboxylic acids is 1. The minimum absolute atomic E-state index is 0. The Morgan fingerprint density at radius 2 is 1.92 bits per heavy atom. The van der Waals surface area contributed by atoms with E-state index in [0.29, 0.717) is 31.8 Å². The molecule has 0 spiro atoms. The Labute approximate surface area is 161 Å². The van der Waals surface area contributed by atoms with Crippen LogP contribution in [0.4, 0.5) is 4.39 Å². The third-order valence-electron chi connectivity index (χ3n) is 4.17. The first-order chi connectivity index (χ1) is 11.0. The highest BCUT2D eigenvalue weighted by Gasteiger charge is 2.21. The summed E-state index contributed by atoms with van der Waals surface area (Å²) in [6.07, 6.45) is 1.23. The van der Waals surface area contributed by atoms with Gasteiger partial charge < -0.3 is 15.4 Å². The predicted molar refractivity (Wildman–Crippen MR) is 102 cm³/mol. The molecule has 1 aliphatic rings. The van der Waals surface area contributed by atoms with Gasteiger partial charge in [-0.15, -0.1) is 24.8 Å². The highest BCUT2D eigenvalue weighted by molar-refractivity contribution is 5.85. The van der Waals surface area contributed by atoms with Crippen LogP contribution in [0.5, 0.6) is 5.75 Å². The smallest absolute Gasteiger partial charge is 0.222 e. The Hall–Kier alpha value is -1.08. The molecule has 1 heterocycles. The summed E-state index contributed by atoms with van der Waals surface area (Å²) in [6.45, 7) is 5.51. The Kier molecular flexibility index (Phi) is 11.0. The van der Waals surface area contributed by atoms with E-state index >= 15 is 0 Å². The van der Waals surface area contributed by atoms with Crippen LogP contribution in [-0.2, 0) is 11.3 Å². The van der Waals surface area contributed by atoms with E-state index in [1.165, 1.54) is 12.1 Å². The summed E-state index contributed by atoms with van der Waals surface area (Å²) in [4.78, 5) is 16.2. The van der Waals surface area contributed by atoms with Gasteiger partial charge in [0.25, 0.3) is 0 Å². The van der Waals surface area contributed by atoms with Crippen molar-refractivity contribution in [3.63, 3.8) is 0 Å². The summed E-state index contributed by atoms with van der Waals surface area (Å²) < 4.78 is 18.7. The van der Waals surface area contributed by atoms with Crippen LogP contribution in [0.3, 0.4) is 0 Å². The van der Waals surface area contributed by atoms with Gasteiger partial charge >= 0.3 is 0 Å². The topological polar surface area (TPSA) is 58.8 Å². The standard InChI is InChI=1S/C17H26FN3O2.2ClH/c1-13(19)3-6-17(22)21-9-7-20(8-10-21)12-14-11-15(18)4-5-16(14)23-2;;/h4-5,11,13H,3,6-10,12,19H2,1-2H3;2*1H. The zero-order valence-electron chi connectivity index (χ0n) is 14.7. The first-order valence-electron chi connectivity index (χ1n) is 8.07. The molecule has 1 aromatic rings. The summed E-state index contributed by atoms with van der Waals surface area (Å²) in [5.74, 6) is 0.609. The Morgan fingerprint density at radius 1 is 1.28 bits per heavy atom. The quantitative estimate of drug-likeness (QED) is 0.803. The number of benzene rings is 1. The molecule has 0 aliphatic carbocycles. The van der Waals surface area contributed by atoms with Gasteiger partial charge in [-0.2, -0.15) is 0 Å². The fourth-order valence-corrected chi connectivity index (χ4v) is 2.78. The second kappa shape index (κ2) is 11.5. The zero-order chi connectivity index (χ0) is 16.8. The molecule has 0 radical (unpaired) electrons. The van der Waals surface area contributed by atoms with E-state index in [-0.39, 0.29) is 42.6 Å². The maximum Gasteiger partial charge on any atom is 0.222 e. The van der Waals surface area contributed by atoms with Crippen molar-refractivity contribution in [2.45, 2.75) is 32.4 Å². The molecule has 1 aliphatic heterocycles. The molecule has 1 aromatic carbocycles. The lowest BCUT2D eigenvalue weighted by Crippen LogP contribution is -2.48. The number of hydrogen-bond acceptors (Lipinski definition) is 4. The van der Waals surface area contributed by atoms with Crippen LogP contribution in [0, 0.1) is 5.82 Å². The number of ether oxygens (including phenoxy) is 1. The number of amides is 1. The van der Waals surface area contributed by atoms with E-state index in [1.807, 2.05) is 11.8 Å². The van der Waals surface area contributed by atoms with E-state index < -0.39 is 0 Å². The number of halogens is 3. The van der Waals surface area contributed by atoms with Crippen molar-refractivity contribution >= 4 is 30.7 Å². The van der Waals surface area contributed by atoms with E-state index in [9.17, 15) is 9.18 Å². The molecule has 2 N–H and O–H groups in total. The molecule has 1 atom stereocenters. The van der Waals surface area contributed by atoms with Crippen molar-refractivity contribution in [2.75, 3.05) is 33.3 Å². The van der Waals surface area contributed by atoms with Crippen molar-refractivity contribution in [3.8, 4) is 5.75 Å². The average Bonchev–Trinajstić information content (AvgIpc) is 2.53. The van der Waals surface area contributed by atoms with E-state index in [4.69, 9.17) is 10.5 Å². The van der Waals surface area contributed by atoms with Crippen molar-refractivity contribution in [1.82, 2.24) is 9.80 Å². The molecule has 2 rings (SSSR count). The summed E-state index contributed by atoms with van der Waals surface area (Å²) in [7, 11) is 1.59. The van der Waals surface area contributed by atoms with Crippen molar-refractivity contribution in [2.24, 2.45) is 5.73 Å². The van der Waals surface area contributed by atoms with E-state index in [2.05, 4.69) is 4.90 Å². The number of hydrogen-bond donors (Lipinski definition) is 1. The highest BCUT2D eigenvalue weighted by atomic mass is 35.5. The first-order valence-corrected chi connectivity index (χ1v) is 8.07. The van der Waals surface area contributed by atoms with Crippen LogP contribution in [0.25, 0.3) is 0 Å². The number of piperazine rings is 1. The van der Waals surface area contributed by atoms with Gasteiger partial charge in [0.1, 0.15) is 11.6 Å². The van der Waals surface area contributed by atoms with Gasteiger partial charge in [0, 0.05) is 50.7 Å². The lowest BCUT2D eigenvalue weighted by molar-refractivity contribution is -0.133. The number of carbonyl (C=O) groups is 1. The Balaban J connectivity index is 0.00000288. The normalized spacial score (nSPS) is 15.8. The van der Waals surface area contributed by atoms with Gasteiger partial charge in [-0.05, 0) is 31.5 Å². The second-order valence-electron chi connectivity index (χ2n) is 6.13. The molecule has 8 heteroatoms. The molecule has 144 valence electrons. The molecule has 0 aromatic heterocycles. The molecule has 1 fully saturated rings. The van der Waals surface area contributed by atoms with Gasteiger partial charge in [0.2, 0.25) is 5.91 Å². The van der Waals surface area contributed by atoms with E-state index in [0.717, 1.165) is 25.1 Å². The summed E-state index contributed by atoms with van der Waals surface area (Å²) in [6, 6.07) is 4.62. The minimum Gasteiger partial charge on any atom is -0.496 e. The lowest BCUT2D eigenvalue weighted by Gasteiger charge is -2.35. The van der Waals surface area contributed by atoms with Crippen molar-refractivity contribution in [1.29, 1.82) is 0 Å². The number of methoxy groups -OCH3 is 1. The van der Waals surface area contributed by atoms with Gasteiger partial charge in [0.05, 0.1) is 7.11 Å². The number of rotatable bonds is 6. The highest BCUT2D eigenvalue weighted by Crippen LogP contribution is 2.21. The molecular formula is C17H28Cl2FN3O2. The van der Waals surface area contributed by atoms with Gasteiger partial charge in [-0.1, -0.05) is 0 Å². The molecule has 0 saturated carbocycles. The van der Waals surface area contributed by atoms with Crippen LogP contribution in [0.1, 0.15) is 25.3 Å². The zero-order valence-corrected chi connectivity index (χ0v) is 16.4. The molecule has 1 unspecified atom stereocenters. The van der Waals surface area contributed by atoms with Gasteiger partial charge in [-0.25, -0.2) is 4.39 Å². The largest absolute Gasteiger partial charge is 0.496 e. The second-order valence-corrected chi connectivity index (χ2v) is 6.13. The number of nitrogens with two attached hydrogens (primary N) is 1. The van der Waals surface area contributed by atoms with Crippen LogP contribution in [-0.4, -0.2) is 55.0 Å². The molecular weight excluding hydrogens is 368 g/mol. The predicted octanol–water partition coefficient (Wildman–Crippen LogP) is 2.45. The third-order valence-corrected chi connectivity index (χ3v) is 4.17. The van der Waals surface area contributed by atoms with Crippen LogP contribution in [0.15, 0.2) is 18.2 Å². The number of nitrogens with zero attached hydrogens (tertiary/aromatic N) is 2. The summed E-state index contributed by atoms with van der Waals surface area (Å²) >= 11 is 0. The van der Waals surface area contributed by atoms with Crippen LogP contribution in [0.2, 0.25) is 0 Å². The van der Waals surface area contributed by atoms with Gasteiger partial charge in [-0.3, -0.25) is 9.69 Å². The summed E-state index contributed by atoms with van der Waals surface area (Å²) in [5, 5.41) is 0. The monoisotopic (exact) mass is 395 g/mol. The maximum atomic E-state index is 13.4. The Bertz CT molecular complexity index is 539. The maximum absolute atomic E-state index is 13.4. The van der Waals surface area contributed by atoms with Crippen LogP contribution < -0.4 is 10.5 Å². The van der Waals surface area contributed by atoms with Crippen molar-refractivity contribution in [3.05, 3.63) is 29.6 Å². The molecule has 5 nitrogen and oxygen atoms in total. The molecule has 0 bridgehead atoms. The fraction of sp³-hybridized carbons (Fsp3) is 0.588. The average molecular weight is 396 g/mol. The summed E-state index contributed by atoms with van der Waals surface area (Å²) in [5.41, 5.74) is 6.53. The SMILES string of the molecule is COc1ccc(F)cc1CN1CCN(C(=O)CCC(C)N)CC1.Cl.Cl. The Morgan fingerprint density at radius 3 is 2.48 bits per heavy atom. The minimum atomic E-state index is -0.259. The first kappa shape index (κ1) is 23.9. The third kappa shape index (κ3) is 7.36. The molecule has 1 saturated heterocycles. The van der Waals surface area contributed by atoms with Crippen molar-refractivity contribution < 1.29 is 13.9 Å².